The topological polar surface area (TPSA) is 70.2 Å². The fraction of sp³-hybridized carbons (Fsp3) is 0.476. The first-order valence-electron chi connectivity index (χ1n) is 9.74. The van der Waals surface area contributed by atoms with Crippen molar-refractivity contribution < 1.29 is 4.79 Å². The summed E-state index contributed by atoms with van der Waals surface area (Å²) in [6.07, 6.45) is 4.37. The van der Waals surface area contributed by atoms with Crippen molar-refractivity contribution in [3.8, 4) is 0 Å². The molecule has 1 amide bonds. The molecule has 28 heavy (non-hydrogen) atoms. The van der Waals surface area contributed by atoms with Gasteiger partial charge in [-0.05, 0) is 62.8 Å². The standard InChI is InChI=1S/C21H28BrN5O/c1-14-24-19(12-20(25-14)27(2)3)26-18-10-4-15(5-11-18)13-23-21(28)16-6-8-17(22)9-7-16/h6-9,12,15,18H,4-5,10-11,13H2,1-3H3,(H,23,28)(H,24,25,26)/t15-,18+. The van der Waals surface area contributed by atoms with Gasteiger partial charge in [0.2, 0.25) is 0 Å². The van der Waals surface area contributed by atoms with Crippen molar-refractivity contribution in [3.63, 3.8) is 0 Å². The molecule has 1 aliphatic rings. The zero-order valence-corrected chi connectivity index (χ0v) is 18.3. The minimum Gasteiger partial charge on any atom is -0.367 e. The summed E-state index contributed by atoms with van der Waals surface area (Å²) < 4.78 is 0.978. The maximum atomic E-state index is 12.3. The van der Waals surface area contributed by atoms with E-state index in [4.69, 9.17) is 0 Å². The van der Waals surface area contributed by atoms with E-state index >= 15 is 0 Å². The number of hydrogen-bond donors (Lipinski definition) is 2. The summed E-state index contributed by atoms with van der Waals surface area (Å²) in [4.78, 5) is 23.2. The molecule has 0 aliphatic heterocycles. The van der Waals surface area contributed by atoms with Gasteiger partial charge >= 0.3 is 0 Å². The molecule has 3 rings (SSSR count). The van der Waals surface area contributed by atoms with Crippen LogP contribution < -0.4 is 15.5 Å². The summed E-state index contributed by atoms with van der Waals surface area (Å²) in [7, 11) is 3.97. The summed E-state index contributed by atoms with van der Waals surface area (Å²) in [5, 5.41) is 6.64. The molecule has 150 valence electrons. The van der Waals surface area contributed by atoms with Gasteiger partial charge in [-0.2, -0.15) is 0 Å². The minimum absolute atomic E-state index is 0.000393. The lowest BCUT2D eigenvalue weighted by atomic mass is 9.86. The lowest BCUT2D eigenvalue weighted by molar-refractivity contribution is 0.0943. The van der Waals surface area contributed by atoms with Crippen LogP contribution in [0.25, 0.3) is 0 Å². The van der Waals surface area contributed by atoms with Crippen LogP contribution in [-0.4, -0.2) is 42.6 Å². The highest BCUT2D eigenvalue weighted by Gasteiger charge is 2.22. The Morgan fingerprint density at radius 3 is 2.46 bits per heavy atom. The Morgan fingerprint density at radius 2 is 1.82 bits per heavy atom. The fourth-order valence-electron chi connectivity index (χ4n) is 3.52. The smallest absolute Gasteiger partial charge is 0.251 e. The van der Waals surface area contributed by atoms with Gasteiger partial charge in [0, 0.05) is 42.8 Å². The highest BCUT2D eigenvalue weighted by Crippen LogP contribution is 2.26. The van der Waals surface area contributed by atoms with E-state index in [0.717, 1.165) is 54.2 Å². The number of halogens is 1. The van der Waals surface area contributed by atoms with Crippen LogP contribution in [0.3, 0.4) is 0 Å². The number of anilines is 2. The van der Waals surface area contributed by atoms with Gasteiger partial charge in [0.15, 0.2) is 0 Å². The normalized spacial score (nSPS) is 19.1. The van der Waals surface area contributed by atoms with Crippen molar-refractivity contribution >= 4 is 33.5 Å². The number of nitrogens with zero attached hydrogens (tertiary/aromatic N) is 3. The Kier molecular flexibility index (Phi) is 6.88. The Bertz CT molecular complexity index is 801. The monoisotopic (exact) mass is 445 g/mol. The quantitative estimate of drug-likeness (QED) is 0.702. The molecule has 0 atom stereocenters. The number of hydrogen-bond acceptors (Lipinski definition) is 5. The number of aromatic nitrogens is 2. The van der Waals surface area contributed by atoms with Gasteiger partial charge in [-0.1, -0.05) is 15.9 Å². The highest BCUT2D eigenvalue weighted by atomic mass is 79.9. The zero-order chi connectivity index (χ0) is 20.1. The summed E-state index contributed by atoms with van der Waals surface area (Å²) in [5.41, 5.74) is 0.703. The van der Waals surface area contributed by atoms with E-state index in [1.807, 2.05) is 56.3 Å². The van der Waals surface area contributed by atoms with E-state index in [1.165, 1.54) is 0 Å². The third-order valence-corrected chi connectivity index (χ3v) is 5.67. The van der Waals surface area contributed by atoms with Crippen LogP contribution >= 0.6 is 15.9 Å². The molecular weight excluding hydrogens is 418 g/mol. The highest BCUT2D eigenvalue weighted by molar-refractivity contribution is 9.10. The molecule has 1 saturated carbocycles. The first kappa shape index (κ1) is 20.6. The summed E-state index contributed by atoms with van der Waals surface area (Å²) in [6, 6.07) is 9.88. The number of amides is 1. The van der Waals surface area contributed by atoms with E-state index in [1.54, 1.807) is 0 Å². The molecule has 2 N–H and O–H groups in total. The Labute approximate surface area is 175 Å². The van der Waals surface area contributed by atoms with Crippen LogP contribution in [0, 0.1) is 12.8 Å². The zero-order valence-electron chi connectivity index (χ0n) is 16.7. The lowest BCUT2D eigenvalue weighted by Crippen LogP contribution is -2.34. The van der Waals surface area contributed by atoms with Gasteiger partial charge in [-0.25, -0.2) is 9.97 Å². The Hall–Kier alpha value is -2.15. The molecule has 1 heterocycles. The van der Waals surface area contributed by atoms with Gasteiger partial charge < -0.3 is 15.5 Å². The maximum absolute atomic E-state index is 12.3. The van der Waals surface area contributed by atoms with Crippen LogP contribution in [0.5, 0.6) is 0 Å². The second-order valence-corrected chi connectivity index (χ2v) is 8.55. The van der Waals surface area contributed by atoms with Crippen molar-refractivity contribution in [2.75, 3.05) is 30.9 Å². The van der Waals surface area contributed by atoms with E-state index in [-0.39, 0.29) is 5.91 Å². The number of aryl methyl sites for hydroxylation is 1. The molecule has 0 spiro atoms. The van der Waals surface area contributed by atoms with E-state index in [2.05, 4.69) is 36.5 Å². The summed E-state index contributed by atoms with van der Waals surface area (Å²) in [6.45, 7) is 2.65. The average molecular weight is 446 g/mol. The third-order valence-electron chi connectivity index (χ3n) is 5.14. The van der Waals surface area contributed by atoms with Crippen LogP contribution in [0.15, 0.2) is 34.8 Å². The second-order valence-electron chi connectivity index (χ2n) is 7.63. The van der Waals surface area contributed by atoms with Crippen LogP contribution in [-0.2, 0) is 0 Å². The van der Waals surface area contributed by atoms with Crippen molar-refractivity contribution in [2.24, 2.45) is 5.92 Å². The summed E-state index contributed by atoms with van der Waals surface area (Å²) in [5.74, 6) is 3.11. The molecule has 7 heteroatoms. The van der Waals surface area contributed by atoms with Gasteiger partial charge in [-0.3, -0.25) is 4.79 Å². The molecule has 1 aromatic heterocycles. The molecule has 0 saturated heterocycles. The van der Waals surface area contributed by atoms with Gasteiger partial charge in [0.1, 0.15) is 17.5 Å². The fourth-order valence-corrected chi connectivity index (χ4v) is 3.78. The first-order valence-corrected chi connectivity index (χ1v) is 10.5. The SMILES string of the molecule is Cc1nc(N[C@H]2CC[C@@H](CNC(=O)c3ccc(Br)cc3)CC2)cc(N(C)C)n1. The predicted octanol–water partition coefficient (Wildman–Crippen LogP) is 4.01. The lowest BCUT2D eigenvalue weighted by Gasteiger charge is -2.29. The number of carbonyl (C=O) groups is 1. The number of carbonyl (C=O) groups excluding carboxylic acids is 1. The van der Waals surface area contributed by atoms with Gasteiger partial charge in [0.05, 0.1) is 0 Å². The predicted molar refractivity (Wildman–Crippen MR) is 117 cm³/mol. The van der Waals surface area contributed by atoms with E-state index in [9.17, 15) is 4.79 Å². The largest absolute Gasteiger partial charge is 0.367 e. The minimum atomic E-state index is 0.000393. The summed E-state index contributed by atoms with van der Waals surface area (Å²) >= 11 is 3.39. The van der Waals surface area contributed by atoms with Crippen LogP contribution in [0.1, 0.15) is 41.9 Å². The molecule has 0 bridgehead atoms. The second kappa shape index (κ2) is 9.37. The van der Waals surface area contributed by atoms with E-state index in [0.29, 0.717) is 17.5 Å². The molecule has 0 radical (unpaired) electrons. The third kappa shape index (κ3) is 5.67. The van der Waals surface area contributed by atoms with Crippen molar-refractivity contribution in [1.82, 2.24) is 15.3 Å². The molecule has 1 aromatic carbocycles. The van der Waals surface area contributed by atoms with Gasteiger partial charge in [0.25, 0.3) is 5.91 Å². The van der Waals surface area contributed by atoms with Crippen molar-refractivity contribution in [2.45, 2.75) is 38.6 Å². The number of rotatable bonds is 6. The van der Waals surface area contributed by atoms with Crippen LogP contribution in [0.2, 0.25) is 0 Å². The Balaban J connectivity index is 1.46. The molecular formula is C21H28BrN5O. The van der Waals surface area contributed by atoms with Crippen molar-refractivity contribution in [1.29, 1.82) is 0 Å². The molecule has 1 aliphatic carbocycles. The van der Waals surface area contributed by atoms with Gasteiger partial charge in [-0.15, -0.1) is 0 Å². The molecule has 2 aromatic rings. The molecule has 6 nitrogen and oxygen atoms in total. The van der Waals surface area contributed by atoms with E-state index < -0.39 is 0 Å². The maximum Gasteiger partial charge on any atom is 0.251 e. The van der Waals surface area contributed by atoms with Crippen LogP contribution in [0.4, 0.5) is 11.6 Å². The first-order chi connectivity index (χ1) is 13.4. The molecule has 1 fully saturated rings. The number of benzene rings is 1. The Morgan fingerprint density at radius 1 is 1.14 bits per heavy atom. The molecule has 0 unspecified atom stereocenters. The number of nitrogens with one attached hydrogen (secondary N) is 2. The average Bonchev–Trinajstić information content (AvgIpc) is 2.67. The van der Waals surface area contributed by atoms with Crippen molar-refractivity contribution in [3.05, 3.63) is 46.2 Å².